The van der Waals surface area contributed by atoms with Gasteiger partial charge in [0.05, 0.1) is 0 Å². The van der Waals surface area contributed by atoms with Gasteiger partial charge in [0.1, 0.15) is 5.82 Å². The quantitative estimate of drug-likeness (QED) is 0.875. The van der Waals surface area contributed by atoms with E-state index in [1.807, 2.05) is 6.07 Å². The summed E-state index contributed by atoms with van der Waals surface area (Å²) in [7, 11) is 2.10. The van der Waals surface area contributed by atoms with Crippen LogP contribution in [0.25, 0.3) is 0 Å². The van der Waals surface area contributed by atoms with Gasteiger partial charge < -0.3 is 10.0 Å². The molecule has 1 aliphatic heterocycles. The smallest absolute Gasteiger partial charge is 0.123 e. The highest BCUT2D eigenvalue weighted by Gasteiger charge is 2.23. The maximum atomic E-state index is 13.1. The molecule has 0 radical (unpaired) electrons. The summed E-state index contributed by atoms with van der Waals surface area (Å²) in [6.07, 6.45) is 0.802. The van der Waals surface area contributed by atoms with E-state index in [4.69, 9.17) is 5.11 Å². The molecule has 3 nitrogen and oxygen atoms in total. The number of piperazine rings is 1. The van der Waals surface area contributed by atoms with Crippen molar-refractivity contribution >= 4 is 0 Å². The van der Waals surface area contributed by atoms with Gasteiger partial charge in [0, 0.05) is 38.8 Å². The minimum Gasteiger partial charge on any atom is -0.396 e. The number of benzene rings is 1. The average Bonchev–Trinajstić information content (AvgIpc) is 2.34. The molecule has 0 amide bonds. The molecule has 4 heteroatoms. The predicted molar refractivity (Wildman–Crippen MR) is 69.8 cm³/mol. The molecule has 1 heterocycles. The molecule has 1 N–H and O–H groups in total. The van der Waals surface area contributed by atoms with Gasteiger partial charge in [0.2, 0.25) is 0 Å². The number of rotatable bonds is 4. The van der Waals surface area contributed by atoms with E-state index in [2.05, 4.69) is 16.8 Å². The summed E-state index contributed by atoms with van der Waals surface area (Å²) < 4.78 is 13.1. The molecule has 0 aliphatic carbocycles. The number of hydrogen-bond donors (Lipinski definition) is 1. The van der Waals surface area contributed by atoms with E-state index >= 15 is 0 Å². The zero-order valence-corrected chi connectivity index (χ0v) is 10.8. The molecule has 1 saturated heterocycles. The second-order valence-corrected chi connectivity index (χ2v) is 5.01. The van der Waals surface area contributed by atoms with Crippen molar-refractivity contribution in [3.63, 3.8) is 0 Å². The maximum absolute atomic E-state index is 13.1. The van der Waals surface area contributed by atoms with Crippen LogP contribution in [0.4, 0.5) is 4.39 Å². The third kappa shape index (κ3) is 3.51. The van der Waals surface area contributed by atoms with Crippen molar-refractivity contribution in [3.05, 3.63) is 35.6 Å². The first-order chi connectivity index (χ1) is 8.69. The van der Waals surface area contributed by atoms with Crippen molar-refractivity contribution in [3.8, 4) is 0 Å². The lowest BCUT2D eigenvalue weighted by atomic mass is 10.1. The van der Waals surface area contributed by atoms with Crippen LogP contribution in [0, 0.1) is 5.82 Å². The Kier molecular flexibility index (Phi) is 4.69. The lowest BCUT2D eigenvalue weighted by Crippen LogP contribution is -2.51. The monoisotopic (exact) mass is 252 g/mol. The topological polar surface area (TPSA) is 26.7 Å². The summed E-state index contributed by atoms with van der Waals surface area (Å²) in [6, 6.07) is 7.19. The third-order valence-electron chi connectivity index (χ3n) is 3.62. The van der Waals surface area contributed by atoms with Gasteiger partial charge in [-0.1, -0.05) is 12.1 Å². The molecule has 0 aromatic heterocycles. The second kappa shape index (κ2) is 6.27. The first kappa shape index (κ1) is 13.5. The van der Waals surface area contributed by atoms with E-state index in [0.717, 1.165) is 38.2 Å². The number of likely N-dealkylation sites (N-methyl/N-ethyl adjacent to an activating group) is 1. The second-order valence-electron chi connectivity index (χ2n) is 5.01. The van der Waals surface area contributed by atoms with Gasteiger partial charge in [0.15, 0.2) is 0 Å². The molecular weight excluding hydrogens is 231 g/mol. The fraction of sp³-hybridized carbons (Fsp3) is 0.571. The normalized spacial score (nSPS) is 22.3. The summed E-state index contributed by atoms with van der Waals surface area (Å²) in [6.45, 7) is 3.94. The molecule has 1 atom stereocenters. The van der Waals surface area contributed by atoms with Crippen LogP contribution < -0.4 is 0 Å². The Hall–Kier alpha value is -0.970. The van der Waals surface area contributed by atoms with Crippen LogP contribution in [0.15, 0.2) is 24.3 Å². The van der Waals surface area contributed by atoms with Gasteiger partial charge in [-0.2, -0.15) is 0 Å². The molecule has 100 valence electrons. The zero-order valence-electron chi connectivity index (χ0n) is 10.8. The average molecular weight is 252 g/mol. The van der Waals surface area contributed by atoms with Crippen molar-refractivity contribution < 1.29 is 9.50 Å². The summed E-state index contributed by atoms with van der Waals surface area (Å²) >= 11 is 0. The van der Waals surface area contributed by atoms with Gasteiger partial charge in [0.25, 0.3) is 0 Å². The van der Waals surface area contributed by atoms with Crippen LogP contribution in [0.2, 0.25) is 0 Å². The van der Waals surface area contributed by atoms with Crippen LogP contribution >= 0.6 is 0 Å². The van der Waals surface area contributed by atoms with Crippen molar-refractivity contribution in [1.29, 1.82) is 0 Å². The van der Waals surface area contributed by atoms with Crippen molar-refractivity contribution in [2.75, 3.05) is 33.3 Å². The Morgan fingerprint density at radius 2 is 2.22 bits per heavy atom. The molecule has 1 unspecified atom stereocenters. The summed E-state index contributed by atoms with van der Waals surface area (Å²) in [5.41, 5.74) is 1.02. The first-order valence-electron chi connectivity index (χ1n) is 6.47. The number of aliphatic hydroxyl groups excluding tert-OH is 1. The van der Waals surface area contributed by atoms with Crippen LogP contribution in [-0.4, -0.2) is 54.2 Å². The van der Waals surface area contributed by atoms with Gasteiger partial charge >= 0.3 is 0 Å². The third-order valence-corrected chi connectivity index (χ3v) is 3.62. The Balaban J connectivity index is 1.94. The fourth-order valence-corrected chi connectivity index (χ4v) is 2.51. The van der Waals surface area contributed by atoms with Crippen molar-refractivity contribution in [2.24, 2.45) is 0 Å². The van der Waals surface area contributed by atoms with Crippen LogP contribution in [0.5, 0.6) is 0 Å². The van der Waals surface area contributed by atoms with Gasteiger partial charge in [-0.25, -0.2) is 4.39 Å². The molecule has 0 spiro atoms. The van der Waals surface area contributed by atoms with E-state index in [1.54, 1.807) is 12.1 Å². The molecule has 2 rings (SSSR count). The number of halogens is 1. The van der Waals surface area contributed by atoms with E-state index in [1.165, 1.54) is 6.07 Å². The number of hydrogen-bond acceptors (Lipinski definition) is 3. The van der Waals surface area contributed by atoms with E-state index in [-0.39, 0.29) is 12.4 Å². The summed E-state index contributed by atoms with van der Waals surface area (Å²) in [4.78, 5) is 4.62. The van der Waals surface area contributed by atoms with Crippen LogP contribution in [0.1, 0.15) is 12.0 Å². The van der Waals surface area contributed by atoms with Gasteiger partial charge in [-0.05, 0) is 31.2 Å². The lowest BCUT2D eigenvalue weighted by Gasteiger charge is -2.39. The Bertz CT molecular complexity index is 386. The molecule has 0 saturated carbocycles. The highest BCUT2D eigenvalue weighted by molar-refractivity contribution is 5.16. The lowest BCUT2D eigenvalue weighted by molar-refractivity contribution is 0.0742. The molecule has 1 aromatic carbocycles. The SMILES string of the molecule is CN1CCN(Cc2cccc(F)c2)CC1CCO. The number of aliphatic hydroxyl groups is 1. The highest BCUT2D eigenvalue weighted by Crippen LogP contribution is 2.14. The zero-order chi connectivity index (χ0) is 13.0. The standard InChI is InChI=1S/C14H21FN2O/c1-16-6-7-17(11-14(16)5-8-18)10-12-3-2-4-13(15)9-12/h2-4,9,14,18H,5-8,10-11H2,1H3. The highest BCUT2D eigenvalue weighted by atomic mass is 19.1. The molecular formula is C14H21FN2O. The Labute approximate surface area is 108 Å². The van der Waals surface area contributed by atoms with Crippen LogP contribution in [0.3, 0.4) is 0 Å². The largest absolute Gasteiger partial charge is 0.396 e. The first-order valence-corrected chi connectivity index (χ1v) is 6.47. The van der Waals surface area contributed by atoms with E-state index < -0.39 is 0 Å². The molecule has 1 aliphatic rings. The van der Waals surface area contributed by atoms with Gasteiger partial charge in [-0.3, -0.25) is 4.90 Å². The van der Waals surface area contributed by atoms with E-state index in [9.17, 15) is 4.39 Å². The van der Waals surface area contributed by atoms with Crippen molar-refractivity contribution in [2.45, 2.75) is 19.0 Å². The Morgan fingerprint density at radius 1 is 1.39 bits per heavy atom. The summed E-state index contributed by atoms with van der Waals surface area (Å²) in [5, 5.41) is 9.05. The van der Waals surface area contributed by atoms with Crippen molar-refractivity contribution in [1.82, 2.24) is 9.80 Å². The van der Waals surface area contributed by atoms with Gasteiger partial charge in [-0.15, -0.1) is 0 Å². The minimum absolute atomic E-state index is 0.173. The molecule has 1 fully saturated rings. The molecule has 18 heavy (non-hydrogen) atoms. The number of nitrogens with zero attached hydrogens (tertiary/aromatic N) is 2. The maximum Gasteiger partial charge on any atom is 0.123 e. The van der Waals surface area contributed by atoms with Crippen LogP contribution in [-0.2, 0) is 6.54 Å². The molecule has 0 bridgehead atoms. The van der Waals surface area contributed by atoms with E-state index in [0.29, 0.717) is 6.04 Å². The minimum atomic E-state index is -0.173. The summed E-state index contributed by atoms with van der Waals surface area (Å²) in [5.74, 6) is -0.173. The predicted octanol–water partition coefficient (Wildman–Crippen LogP) is 1.32. The molecule has 1 aromatic rings. The fourth-order valence-electron chi connectivity index (χ4n) is 2.51. The Morgan fingerprint density at radius 3 is 2.94 bits per heavy atom.